The van der Waals surface area contributed by atoms with Crippen LogP contribution in [-0.2, 0) is 16.1 Å². The quantitative estimate of drug-likeness (QED) is 0.0832. The van der Waals surface area contributed by atoms with Crippen LogP contribution in [0.4, 0.5) is 32.0 Å². The van der Waals surface area contributed by atoms with Crippen molar-refractivity contribution in [3.05, 3.63) is 89.5 Å². The number of carboxylic acids is 2. The molecule has 5 N–H and O–H groups in total. The summed E-state index contributed by atoms with van der Waals surface area (Å²) in [6.07, 6.45) is -5.53. The first-order valence-electron chi connectivity index (χ1n) is 13.1. The minimum atomic E-state index is -5.08. The molecular weight excluding hydrogens is 610 g/mol. The van der Waals surface area contributed by atoms with Crippen LogP contribution in [0.5, 0.6) is 0 Å². The van der Waals surface area contributed by atoms with Gasteiger partial charge in [0.05, 0.1) is 6.21 Å². The van der Waals surface area contributed by atoms with Crippen LogP contribution in [-0.4, -0.2) is 64.6 Å². The fourth-order valence-electron chi connectivity index (χ4n) is 4.36. The molecular formula is C30H30F6N4O5. The molecule has 15 heteroatoms. The Morgan fingerprint density at radius 1 is 0.978 bits per heavy atom. The molecule has 0 fully saturated rings. The standard InChI is InChI=1S/C26H28N4O.2C2HF3O2/c1-3-11-30-16-19(4-2)25-14-24(10-9-23(25)17-30)29-26(31)22-8-7-20-12-18(15-28-27)5-6-21(20)13-22;2*3-2(4,5)1(6)7/h3,5-10,12-15,19H,1,4,11,16-17,27H2,2H3,(H,29,31);2*(H,6,7). The number of benzene rings is 3. The number of fused-ring (bicyclic) bond motifs is 2. The number of rotatable bonds is 6. The van der Waals surface area contributed by atoms with Crippen molar-refractivity contribution in [1.82, 2.24) is 4.90 Å². The highest BCUT2D eigenvalue weighted by molar-refractivity contribution is 6.06. The number of carbonyl (C=O) groups is 3. The van der Waals surface area contributed by atoms with Crippen LogP contribution in [0.1, 0.15) is 46.3 Å². The molecule has 1 aliphatic rings. The lowest BCUT2D eigenvalue weighted by atomic mass is 9.87. The number of hydrazone groups is 1. The van der Waals surface area contributed by atoms with E-state index < -0.39 is 24.3 Å². The van der Waals surface area contributed by atoms with Gasteiger partial charge in [0.25, 0.3) is 5.91 Å². The molecule has 1 atom stereocenters. The third-order valence-electron chi connectivity index (χ3n) is 6.43. The summed E-state index contributed by atoms with van der Waals surface area (Å²) in [6, 6.07) is 17.9. The molecule has 0 spiro atoms. The van der Waals surface area contributed by atoms with Gasteiger partial charge >= 0.3 is 24.3 Å². The summed E-state index contributed by atoms with van der Waals surface area (Å²) in [4.78, 5) is 33.1. The monoisotopic (exact) mass is 640 g/mol. The van der Waals surface area contributed by atoms with Gasteiger partial charge in [-0.2, -0.15) is 31.4 Å². The summed E-state index contributed by atoms with van der Waals surface area (Å²) >= 11 is 0. The molecule has 45 heavy (non-hydrogen) atoms. The van der Waals surface area contributed by atoms with Gasteiger partial charge in [0, 0.05) is 30.9 Å². The molecule has 3 aromatic carbocycles. The average molecular weight is 641 g/mol. The number of hydrogen-bond acceptors (Lipinski definition) is 6. The van der Waals surface area contributed by atoms with Crippen LogP contribution in [0.25, 0.3) is 10.8 Å². The summed E-state index contributed by atoms with van der Waals surface area (Å²) in [5.74, 6) is 0.0786. The molecule has 0 aliphatic carbocycles. The molecule has 242 valence electrons. The number of nitrogens with two attached hydrogens (primary N) is 1. The third kappa shape index (κ3) is 10.9. The first kappa shape index (κ1) is 36.3. The minimum Gasteiger partial charge on any atom is -0.475 e. The van der Waals surface area contributed by atoms with E-state index >= 15 is 0 Å². The minimum absolute atomic E-state index is 0.105. The molecule has 0 saturated carbocycles. The molecule has 4 rings (SSSR count). The van der Waals surface area contributed by atoms with Crippen LogP contribution < -0.4 is 11.2 Å². The van der Waals surface area contributed by atoms with E-state index in [-0.39, 0.29) is 5.91 Å². The number of nitrogens with one attached hydrogen (secondary N) is 1. The predicted molar refractivity (Wildman–Crippen MR) is 156 cm³/mol. The van der Waals surface area contributed by atoms with Gasteiger partial charge in [-0.3, -0.25) is 9.69 Å². The number of alkyl halides is 6. The largest absolute Gasteiger partial charge is 0.490 e. The second-order valence-corrected chi connectivity index (χ2v) is 9.66. The highest BCUT2D eigenvalue weighted by Gasteiger charge is 2.38. The van der Waals surface area contributed by atoms with Crippen molar-refractivity contribution in [2.24, 2.45) is 10.9 Å². The number of hydrogen-bond donors (Lipinski definition) is 4. The molecule has 1 heterocycles. The lowest BCUT2D eigenvalue weighted by molar-refractivity contribution is -0.193. The SMILES string of the molecule is C=CCN1Cc2ccc(NC(=O)c3ccc4cc(C=NN)ccc4c3)cc2C(CC)C1.O=C(O)C(F)(F)F.O=C(O)C(F)(F)F. The van der Waals surface area contributed by atoms with Crippen molar-refractivity contribution in [3.63, 3.8) is 0 Å². The Balaban J connectivity index is 0.000000421. The zero-order valence-corrected chi connectivity index (χ0v) is 23.8. The molecule has 1 unspecified atom stereocenters. The highest BCUT2D eigenvalue weighted by atomic mass is 19.4. The molecule has 0 radical (unpaired) electrons. The summed E-state index contributed by atoms with van der Waals surface area (Å²) < 4.78 is 63.5. The summed E-state index contributed by atoms with van der Waals surface area (Å²) in [5, 5.41) is 22.9. The van der Waals surface area contributed by atoms with Crippen molar-refractivity contribution in [2.45, 2.75) is 38.2 Å². The fourth-order valence-corrected chi connectivity index (χ4v) is 4.36. The Hall–Kier alpha value is -4.92. The lowest BCUT2D eigenvalue weighted by Crippen LogP contribution is -2.33. The summed E-state index contributed by atoms with van der Waals surface area (Å²) in [5.41, 5.74) is 5.08. The van der Waals surface area contributed by atoms with E-state index in [4.69, 9.17) is 25.6 Å². The van der Waals surface area contributed by atoms with Crippen molar-refractivity contribution < 1.29 is 50.9 Å². The van der Waals surface area contributed by atoms with Crippen LogP contribution in [0.3, 0.4) is 0 Å². The second-order valence-electron chi connectivity index (χ2n) is 9.66. The van der Waals surface area contributed by atoms with E-state index in [1.54, 1.807) is 6.21 Å². The van der Waals surface area contributed by atoms with E-state index in [0.29, 0.717) is 11.5 Å². The summed E-state index contributed by atoms with van der Waals surface area (Å²) in [7, 11) is 0. The van der Waals surface area contributed by atoms with Crippen LogP contribution >= 0.6 is 0 Å². The normalized spacial score (nSPS) is 14.8. The second kappa shape index (κ2) is 15.7. The van der Waals surface area contributed by atoms with E-state index in [2.05, 4.69) is 41.0 Å². The van der Waals surface area contributed by atoms with Gasteiger partial charge in [-0.05, 0) is 70.1 Å². The number of amides is 1. The molecule has 0 aromatic heterocycles. The predicted octanol–water partition coefficient (Wildman–Crippen LogP) is 6.15. The first-order chi connectivity index (χ1) is 21.0. The Morgan fingerprint density at radius 2 is 1.56 bits per heavy atom. The maximum absolute atomic E-state index is 12.9. The van der Waals surface area contributed by atoms with Gasteiger partial charge in [0.1, 0.15) is 0 Å². The molecule has 1 aliphatic heterocycles. The zero-order chi connectivity index (χ0) is 33.9. The topological polar surface area (TPSA) is 145 Å². The van der Waals surface area contributed by atoms with E-state index in [1.165, 1.54) is 11.1 Å². The zero-order valence-electron chi connectivity index (χ0n) is 23.8. The van der Waals surface area contributed by atoms with Crippen molar-refractivity contribution >= 4 is 40.5 Å². The number of nitrogens with zero attached hydrogens (tertiary/aromatic N) is 2. The molecule has 1 amide bonds. The van der Waals surface area contributed by atoms with Crippen LogP contribution in [0.15, 0.2) is 72.4 Å². The van der Waals surface area contributed by atoms with Gasteiger partial charge in [-0.25, -0.2) is 9.59 Å². The molecule has 9 nitrogen and oxygen atoms in total. The Bertz CT molecular complexity index is 1530. The van der Waals surface area contributed by atoms with Crippen molar-refractivity contribution in [3.8, 4) is 0 Å². The summed E-state index contributed by atoms with van der Waals surface area (Å²) in [6.45, 7) is 8.93. The lowest BCUT2D eigenvalue weighted by Gasteiger charge is -2.34. The van der Waals surface area contributed by atoms with Gasteiger partial charge in [-0.15, -0.1) is 6.58 Å². The average Bonchev–Trinajstić information content (AvgIpc) is 2.96. The van der Waals surface area contributed by atoms with Gasteiger partial charge in [0.15, 0.2) is 0 Å². The van der Waals surface area contributed by atoms with Gasteiger partial charge < -0.3 is 21.4 Å². The smallest absolute Gasteiger partial charge is 0.475 e. The van der Waals surface area contributed by atoms with E-state index in [1.807, 2.05) is 48.5 Å². The van der Waals surface area contributed by atoms with E-state index in [9.17, 15) is 31.1 Å². The number of carboxylic acid groups (broad SMARTS) is 2. The maximum Gasteiger partial charge on any atom is 0.490 e. The van der Waals surface area contributed by atoms with Crippen LogP contribution in [0, 0.1) is 0 Å². The molecule has 0 saturated heterocycles. The molecule has 3 aromatic rings. The van der Waals surface area contributed by atoms with Crippen molar-refractivity contribution in [1.29, 1.82) is 0 Å². The highest BCUT2D eigenvalue weighted by Crippen LogP contribution is 2.33. The van der Waals surface area contributed by atoms with E-state index in [0.717, 1.165) is 48.1 Å². The van der Waals surface area contributed by atoms with Gasteiger partial charge in [-0.1, -0.05) is 37.3 Å². The maximum atomic E-state index is 12.9. The number of halogens is 6. The van der Waals surface area contributed by atoms with Crippen LogP contribution in [0.2, 0.25) is 0 Å². The Kier molecular flexibility index (Phi) is 12.7. The Morgan fingerprint density at radius 3 is 2.09 bits per heavy atom. The fraction of sp³-hybridized carbons (Fsp3) is 0.267. The Labute approximate surface area is 253 Å². The molecule has 0 bridgehead atoms. The van der Waals surface area contributed by atoms with Crippen molar-refractivity contribution in [2.75, 3.05) is 18.4 Å². The number of aliphatic carboxylic acids is 2. The van der Waals surface area contributed by atoms with Gasteiger partial charge in [0.2, 0.25) is 0 Å². The first-order valence-corrected chi connectivity index (χ1v) is 13.1. The number of anilines is 1. The third-order valence-corrected chi connectivity index (χ3v) is 6.43. The number of carbonyl (C=O) groups excluding carboxylic acids is 1.